The molecule has 2 aromatic heterocycles. The summed E-state index contributed by atoms with van der Waals surface area (Å²) in [6, 6.07) is 0. The van der Waals surface area contributed by atoms with Gasteiger partial charge in [-0.15, -0.1) is 0 Å². The normalized spacial score (nSPS) is 13.9. The van der Waals surface area contributed by atoms with Crippen LogP contribution in [0.25, 0.3) is 11.5 Å². The van der Waals surface area contributed by atoms with E-state index in [1.54, 1.807) is 6.20 Å². The zero-order valence-corrected chi connectivity index (χ0v) is 8.39. The molecule has 13 heavy (non-hydrogen) atoms. The summed E-state index contributed by atoms with van der Waals surface area (Å²) in [5.74, 6) is 0.895. The molecule has 0 saturated heterocycles. The van der Waals surface area contributed by atoms with Crippen LogP contribution in [0.15, 0.2) is 21.4 Å². The third kappa shape index (κ3) is 0.920. The lowest BCUT2D eigenvalue weighted by Gasteiger charge is -2.09. The second-order valence-corrected chi connectivity index (χ2v) is 4.02. The van der Waals surface area contributed by atoms with Crippen molar-refractivity contribution in [3.05, 3.63) is 28.0 Å². The van der Waals surface area contributed by atoms with Gasteiger partial charge in [-0.05, 0) is 34.3 Å². The van der Waals surface area contributed by atoms with E-state index < -0.39 is 0 Å². The van der Waals surface area contributed by atoms with Crippen molar-refractivity contribution in [2.45, 2.75) is 12.8 Å². The number of fused-ring (bicyclic) bond motifs is 3. The van der Waals surface area contributed by atoms with E-state index in [0.29, 0.717) is 0 Å². The van der Waals surface area contributed by atoms with Gasteiger partial charge in [-0.25, -0.2) is 0 Å². The van der Waals surface area contributed by atoms with Gasteiger partial charge in [-0.1, -0.05) is 5.16 Å². The van der Waals surface area contributed by atoms with Crippen molar-refractivity contribution in [3.8, 4) is 11.5 Å². The Morgan fingerprint density at radius 2 is 2.38 bits per heavy atom. The van der Waals surface area contributed by atoms with Crippen molar-refractivity contribution in [1.82, 2.24) is 10.1 Å². The number of nitrogens with zero attached hydrogens (tertiary/aromatic N) is 1. The second kappa shape index (κ2) is 2.48. The predicted molar refractivity (Wildman–Crippen MR) is 51.4 cm³/mol. The van der Waals surface area contributed by atoms with Gasteiger partial charge >= 0.3 is 0 Å². The molecule has 0 unspecified atom stereocenters. The zero-order valence-electron chi connectivity index (χ0n) is 6.80. The van der Waals surface area contributed by atoms with E-state index in [9.17, 15) is 0 Å². The first-order valence-corrected chi connectivity index (χ1v) is 4.95. The number of hydrogen-bond donors (Lipinski definition) is 1. The highest BCUT2D eigenvalue weighted by atomic mass is 79.9. The monoisotopic (exact) mass is 238 g/mol. The summed E-state index contributed by atoms with van der Waals surface area (Å²) in [5, 5.41) is 3.80. The summed E-state index contributed by atoms with van der Waals surface area (Å²) in [6.07, 6.45) is 5.81. The first-order chi connectivity index (χ1) is 6.36. The fourth-order valence-corrected chi connectivity index (χ4v) is 2.29. The molecule has 0 radical (unpaired) electrons. The van der Waals surface area contributed by atoms with Gasteiger partial charge < -0.3 is 9.51 Å². The van der Waals surface area contributed by atoms with Gasteiger partial charge in [0, 0.05) is 16.2 Å². The molecule has 4 heteroatoms. The molecule has 0 bridgehead atoms. The Kier molecular flexibility index (Phi) is 1.41. The summed E-state index contributed by atoms with van der Waals surface area (Å²) in [5.41, 5.74) is 3.57. The molecule has 0 saturated carbocycles. The Balaban J connectivity index is 2.31. The Bertz CT molecular complexity index is 458. The van der Waals surface area contributed by atoms with Gasteiger partial charge in [0.05, 0.1) is 11.9 Å². The van der Waals surface area contributed by atoms with Gasteiger partial charge in [0.1, 0.15) is 0 Å². The van der Waals surface area contributed by atoms with E-state index in [1.807, 2.05) is 6.20 Å². The van der Waals surface area contributed by atoms with Crippen molar-refractivity contribution in [1.29, 1.82) is 0 Å². The summed E-state index contributed by atoms with van der Waals surface area (Å²) < 4.78 is 6.32. The van der Waals surface area contributed by atoms with E-state index in [0.717, 1.165) is 28.8 Å². The highest BCUT2D eigenvalue weighted by molar-refractivity contribution is 9.10. The Morgan fingerprint density at radius 1 is 1.46 bits per heavy atom. The smallest absolute Gasteiger partial charge is 0.186 e. The van der Waals surface area contributed by atoms with E-state index in [1.165, 1.54) is 11.1 Å². The highest BCUT2D eigenvalue weighted by Crippen LogP contribution is 2.36. The topological polar surface area (TPSA) is 41.8 Å². The minimum Gasteiger partial charge on any atom is -0.357 e. The third-order valence-corrected chi connectivity index (χ3v) is 3.16. The molecule has 1 aliphatic rings. The molecule has 0 spiro atoms. The second-order valence-electron chi connectivity index (χ2n) is 3.17. The first-order valence-electron chi connectivity index (χ1n) is 4.16. The number of hydrogen-bond acceptors (Lipinski definition) is 2. The fourth-order valence-electron chi connectivity index (χ4n) is 1.78. The van der Waals surface area contributed by atoms with Crippen molar-refractivity contribution >= 4 is 15.9 Å². The average Bonchev–Trinajstić information content (AvgIpc) is 2.70. The van der Waals surface area contributed by atoms with Crippen LogP contribution in [0.5, 0.6) is 0 Å². The van der Waals surface area contributed by atoms with Crippen LogP contribution >= 0.6 is 15.9 Å². The molecule has 2 heterocycles. The maximum Gasteiger partial charge on any atom is 0.186 e. The van der Waals surface area contributed by atoms with Crippen LogP contribution < -0.4 is 0 Å². The summed E-state index contributed by atoms with van der Waals surface area (Å²) in [4.78, 5) is 3.19. The van der Waals surface area contributed by atoms with Crippen LogP contribution in [0, 0.1) is 0 Å². The maximum absolute atomic E-state index is 5.19. The van der Waals surface area contributed by atoms with Crippen LogP contribution in [0.4, 0.5) is 0 Å². The third-order valence-electron chi connectivity index (χ3n) is 2.45. The van der Waals surface area contributed by atoms with Crippen molar-refractivity contribution in [2.24, 2.45) is 0 Å². The number of aromatic nitrogens is 2. The lowest BCUT2D eigenvalue weighted by Crippen LogP contribution is -1.99. The first kappa shape index (κ1) is 7.38. The highest BCUT2D eigenvalue weighted by Gasteiger charge is 2.22. The summed E-state index contributed by atoms with van der Waals surface area (Å²) in [6.45, 7) is 0. The fraction of sp³-hybridized carbons (Fsp3) is 0.222. The minimum atomic E-state index is 0.895. The SMILES string of the molecule is Brc1c[nH]c2c1CCc1cnoc1-2. The van der Waals surface area contributed by atoms with Crippen LogP contribution in [-0.2, 0) is 12.8 Å². The van der Waals surface area contributed by atoms with Gasteiger partial charge in [0.15, 0.2) is 5.76 Å². The molecular weight excluding hydrogens is 232 g/mol. The van der Waals surface area contributed by atoms with E-state index >= 15 is 0 Å². The molecular formula is C9H7BrN2O. The molecule has 1 aliphatic carbocycles. The Morgan fingerprint density at radius 3 is 3.31 bits per heavy atom. The molecule has 3 nitrogen and oxygen atoms in total. The van der Waals surface area contributed by atoms with Crippen molar-refractivity contribution < 1.29 is 4.52 Å². The molecule has 66 valence electrons. The molecule has 0 amide bonds. The van der Waals surface area contributed by atoms with Gasteiger partial charge in [0.2, 0.25) is 0 Å². The molecule has 0 atom stereocenters. The quantitative estimate of drug-likeness (QED) is 0.767. The van der Waals surface area contributed by atoms with E-state index in [-0.39, 0.29) is 0 Å². The lowest BCUT2D eigenvalue weighted by molar-refractivity contribution is 0.429. The number of aromatic amines is 1. The van der Waals surface area contributed by atoms with Crippen LogP contribution in [0.3, 0.4) is 0 Å². The van der Waals surface area contributed by atoms with Gasteiger partial charge in [-0.3, -0.25) is 0 Å². The molecule has 3 rings (SSSR count). The van der Waals surface area contributed by atoms with Gasteiger partial charge in [0.25, 0.3) is 0 Å². The average molecular weight is 239 g/mol. The predicted octanol–water partition coefficient (Wildman–Crippen LogP) is 2.53. The summed E-state index contributed by atoms with van der Waals surface area (Å²) in [7, 11) is 0. The largest absolute Gasteiger partial charge is 0.357 e. The van der Waals surface area contributed by atoms with Crippen molar-refractivity contribution in [3.63, 3.8) is 0 Å². The number of H-pyrrole nitrogens is 1. The van der Waals surface area contributed by atoms with E-state index in [4.69, 9.17) is 4.52 Å². The molecule has 1 N–H and O–H groups in total. The van der Waals surface area contributed by atoms with Crippen LogP contribution in [0.1, 0.15) is 11.1 Å². The number of rotatable bonds is 0. The maximum atomic E-state index is 5.19. The molecule has 0 aliphatic heterocycles. The number of aryl methyl sites for hydroxylation is 1. The van der Waals surface area contributed by atoms with E-state index in [2.05, 4.69) is 26.1 Å². The Labute approximate surface area is 83.3 Å². The molecule has 0 aromatic carbocycles. The zero-order chi connectivity index (χ0) is 8.84. The number of halogens is 1. The van der Waals surface area contributed by atoms with Crippen molar-refractivity contribution in [2.75, 3.05) is 0 Å². The minimum absolute atomic E-state index is 0.895. The van der Waals surface area contributed by atoms with Crippen LogP contribution in [-0.4, -0.2) is 10.1 Å². The summed E-state index contributed by atoms with van der Waals surface area (Å²) >= 11 is 3.50. The van der Waals surface area contributed by atoms with Crippen LogP contribution in [0.2, 0.25) is 0 Å². The lowest BCUT2D eigenvalue weighted by atomic mass is 9.97. The molecule has 2 aromatic rings. The number of nitrogens with one attached hydrogen (secondary N) is 1. The van der Waals surface area contributed by atoms with Gasteiger partial charge in [-0.2, -0.15) is 0 Å². The molecule has 0 fully saturated rings. The standard InChI is InChI=1S/C9H7BrN2O/c10-7-4-11-8-6(7)2-1-5-3-12-13-9(5)8/h3-4,11H,1-2H2. The Hall–Kier alpha value is -1.03.